The molecule has 2 unspecified atom stereocenters. The number of likely N-dealkylation sites (N-methyl/N-ethyl adjacent to an activating group) is 2. The second-order valence-electron chi connectivity index (χ2n) is 7.63. The van der Waals surface area contributed by atoms with E-state index in [1.165, 1.54) is 6.42 Å². The smallest absolute Gasteiger partial charge is 0.299 e. The van der Waals surface area contributed by atoms with Gasteiger partial charge in [0.2, 0.25) is 0 Å². The minimum Gasteiger partial charge on any atom is -0.299 e. The van der Waals surface area contributed by atoms with E-state index in [4.69, 9.17) is 11.6 Å². The molecule has 0 radical (unpaired) electrons. The second-order valence-corrected chi connectivity index (χ2v) is 8.07. The lowest BCUT2D eigenvalue weighted by atomic mass is 9.90. The number of nitrogens with one attached hydrogen (secondary N) is 1. The van der Waals surface area contributed by atoms with Crippen molar-refractivity contribution >= 4 is 29.0 Å². The summed E-state index contributed by atoms with van der Waals surface area (Å²) in [5, 5.41) is 3.55. The fourth-order valence-corrected chi connectivity index (χ4v) is 4.39. The zero-order valence-corrected chi connectivity index (χ0v) is 17.3. The summed E-state index contributed by atoms with van der Waals surface area (Å²) >= 11 is 5.95. The highest BCUT2D eigenvalue weighted by molar-refractivity contribution is 6.30. The summed E-state index contributed by atoms with van der Waals surface area (Å²) in [5.41, 5.74) is 1.42. The number of halogens is 1. The summed E-state index contributed by atoms with van der Waals surface area (Å²) in [7, 11) is 3.64. The van der Waals surface area contributed by atoms with E-state index in [9.17, 15) is 9.59 Å². The molecular weight excluding hydrogens is 372 g/mol. The fraction of sp³-hybridized carbons (Fsp3) is 0.391. The van der Waals surface area contributed by atoms with Crippen molar-refractivity contribution in [2.75, 3.05) is 14.1 Å². The van der Waals surface area contributed by atoms with Crippen LogP contribution in [0.3, 0.4) is 0 Å². The SMILES string of the molecule is CNC(C(=O)c1ccc(Cl)cc1)C(=O)[N+](C)(c1ccccc1)C1CCCCC1. The maximum atomic E-state index is 13.8. The largest absolute Gasteiger partial charge is 0.343 e. The summed E-state index contributed by atoms with van der Waals surface area (Å²) in [5.74, 6) is -0.333. The van der Waals surface area contributed by atoms with Crippen molar-refractivity contribution in [1.82, 2.24) is 9.80 Å². The van der Waals surface area contributed by atoms with Gasteiger partial charge >= 0.3 is 5.91 Å². The first kappa shape index (κ1) is 20.7. The molecule has 2 atom stereocenters. The van der Waals surface area contributed by atoms with Gasteiger partial charge in [-0.1, -0.05) is 36.2 Å². The van der Waals surface area contributed by atoms with Crippen LogP contribution in [0.5, 0.6) is 0 Å². The average Bonchev–Trinajstić information content (AvgIpc) is 2.75. The predicted octanol–water partition coefficient (Wildman–Crippen LogP) is 4.61. The van der Waals surface area contributed by atoms with Gasteiger partial charge in [0.15, 0.2) is 11.8 Å². The van der Waals surface area contributed by atoms with E-state index in [2.05, 4.69) is 5.32 Å². The molecule has 1 aliphatic rings. The van der Waals surface area contributed by atoms with Gasteiger partial charge in [-0.2, -0.15) is 0 Å². The summed E-state index contributed by atoms with van der Waals surface area (Å²) in [6, 6.07) is 15.8. The summed E-state index contributed by atoms with van der Waals surface area (Å²) in [4.78, 5) is 27.0. The van der Waals surface area contributed by atoms with Crippen molar-refractivity contribution < 1.29 is 9.59 Å². The molecule has 2 aromatic rings. The van der Waals surface area contributed by atoms with Gasteiger partial charge in [-0.15, -0.1) is 0 Å². The van der Waals surface area contributed by atoms with Crippen LogP contribution in [0.25, 0.3) is 0 Å². The molecule has 2 aromatic carbocycles. The number of amides is 1. The summed E-state index contributed by atoms with van der Waals surface area (Å²) in [6.07, 6.45) is 5.42. The number of benzene rings is 2. The van der Waals surface area contributed by atoms with Crippen LogP contribution < -0.4 is 9.80 Å². The zero-order valence-electron chi connectivity index (χ0n) is 16.5. The molecule has 0 heterocycles. The number of hydrogen-bond donors (Lipinski definition) is 1. The van der Waals surface area contributed by atoms with Crippen LogP contribution in [0, 0.1) is 0 Å². The molecule has 1 N–H and O–H groups in total. The van der Waals surface area contributed by atoms with Crippen molar-refractivity contribution in [3.63, 3.8) is 0 Å². The lowest BCUT2D eigenvalue weighted by Gasteiger charge is -2.42. The first-order valence-electron chi connectivity index (χ1n) is 9.91. The van der Waals surface area contributed by atoms with Crippen molar-refractivity contribution in [2.45, 2.75) is 44.2 Å². The van der Waals surface area contributed by atoms with Crippen LogP contribution in [0.1, 0.15) is 42.5 Å². The monoisotopic (exact) mass is 399 g/mol. The molecule has 0 bridgehead atoms. The molecule has 1 aliphatic carbocycles. The standard InChI is InChI=1S/C23H28ClN2O2/c1-25-21(22(27)17-13-15-18(24)16-14-17)23(28)26(2,19-9-5-3-6-10-19)20-11-7-4-8-12-20/h3,5-6,9-10,13-16,20-21,25H,4,7-8,11-12H2,1-2H3/q+1. The second kappa shape index (κ2) is 8.99. The molecule has 148 valence electrons. The maximum absolute atomic E-state index is 13.8. The highest BCUT2D eigenvalue weighted by Gasteiger charge is 2.47. The Balaban J connectivity index is 1.99. The summed E-state index contributed by atoms with van der Waals surface area (Å²) < 4.78 is 0.145. The van der Waals surface area contributed by atoms with Crippen LogP contribution >= 0.6 is 11.6 Å². The minimum absolute atomic E-state index is 0.111. The molecule has 28 heavy (non-hydrogen) atoms. The van der Waals surface area contributed by atoms with Gasteiger partial charge in [0.05, 0.1) is 7.05 Å². The van der Waals surface area contributed by atoms with Gasteiger partial charge in [0.25, 0.3) is 0 Å². The Hall–Kier alpha value is -2.01. The topological polar surface area (TPSA) is 46.2 Å². The molecule has 1 amide bonds. The number of carbonyl (C=O) groups is 2. The van der Waals surface area contributed by atoms with E-state index >= 15 is 0 Å². The molecule has 1 fully saturated rings. The lowest BCUT2D eigenvalue weighted by Crippen LogP contribution is -2.65. The first-order valence-corrected chi connectivity index (χ1v) is 10.3. The Kier molecular flexibility index (Phi) is 6.65. The molecular formula is C23H28ClN2O2+. The molecule has 3 rings (SSSR count). The van der Waals surface area contributed by atoms with E-state index in [0.29, 0.717) is 10.6 Å². The van der Waals surface area contributed by atoms with Gasteiger partial charge in [-0.25, -0.2) is 9.28 Å². The number of quaternary nitrogens is 1. The summed E-state index contributed by atoms with van der Waals surface area (Å²) in [6.45, 7) is 0. The lowest BCUT2D eigenvalue weighted by molar-refractivity contribution is -0.132. The third-order valence-electron chi connectivity index (χ3n) is 5.98. The van der Waals surface area contributed by atoms with Crippen molar-refractivity contribution in [3.8, 4) is 0 Å². The highest BCUT2D eigenvalue weighted by atomic mass is 35.5. The van der Waals surface area contributed by atoms with Crippen LogP contribution in [-0.4, -0.2) is 37.9 Å². The number of ketones is 1. The van der Waals surface area contributed by atoms with Crippen LogP contribution in [-0.2, 0) is 4.79 Å². The third kappa shape index (κ3) is 4.04. The van der Waals surface area contributed by atoms with Crippen LogP contribution in [0.4, 0.5) is 5.69 Å². The Morgan fingerprint density at radius 2 is 1.61 bits per heavy atom. The molecule has 0 aliphatic heterocycles. The van der Waals surface area contributed by atoms with E-state index in [0.717, 1.165) is 31.4 Å². The quantitative estimate of drug-likeness (QED) is 0.438. The molecule has 0 aromatic heterocycles. The van der Waals surface area contributed by atoms with E-state index in [1.807, 2.05) is 37.4 Å². The third-order valence-corrected chi connectivity index (χ3v) is 6.23. The van der Waals surface area contributed by atoms with Crippen molar-refractivity contribution in [2.24, 2.45) is 0 Å². The number of nitrogens with zero attached hydrogens (tertiary/aromatic N) is 1. The van der Waals surface area contributed by atoms with Gasteiger partial charge in [0, 0.05) is 23.4 Å². The molecule has 1 saturated carbocycles. The van der Waals surface area contributed by atoms with Gasteiger partial charge in [0.1, 0.15) is 11.7 Å². The number of hydrogen-bond acceptors (Lipinski definition) is 3. The van der Waals surface area contributed by atoms with E-state index < -0.39 is 6.04 Å². The Morgan fingerprint density at radius 1 is 1.00 bits per heavy atom. The predicted molar refractivity (Wildman–Crippen MR) is 115 cm³/mol. The number of para-hydroxylation sites is 1. The number of Topliss-reactive ketones (excluding diaryl/α,β-unsaturated/α-hetero) is 1. The first-order chi connectivity index (χ1) is 13.5. The van der Waals surface area contributed by atoms with Crippen molar-refractivity contribution in [3.05, 3.63) is 65.2 Å². The number of carbonyl (C=O) groups excluding carboxylic acids is 2. The van der Waals surface area contributed by atoms with E-state index in [1.54, 1.807) is 31.3 Å². The fourth-order valence-electron chi connectivity index (χ4n) is 4.27. The van der Waals surface area contributed by atoms with Gasteiger partial charge in [-0.05, 0) is 56.3 Å². The normalized spacial score (nSPS) is 18.2. The van der Waals surface area contributed by atoms with Crippen LogP contribution in [0.15, 0.2) is 54.6 Å². The number of rotatable bonds is 6. The minimum atomic E-state index is -0.909. The molecule has 4 nitrogen and oxygen atoms in total. The van der Waals surface area contributed by atoms with E-state index in [-0.39, 0.29) is 22.2 Å². The van der Waals surface area contributed by atoms with Gasteiger partial charge < -0.3 is 0 Å². The maximum Gasteiger partial charge on any atom is 0.343 e. The Morgan fingerprint density at radius 3 is 2.18 bits per heavy atom. The Bertz CT molecular complexity index is 816. The Labute approximate surface area is 172 Å². The molecule has 0 saturated heterocycles. The molecule has 0 spiro atoms. The zero-order chi connectivity index (χ0) is 20.1. The van der Waals surface area contributed by atoms with Crippen LogP contribution in [0.2, 0.25) is 5.02 Å². The van der Waals surface area contributed by atoms with Crippen molar-refractivity contribution in [1.29, 1.82) is 0 Å². The molecule has 5 heteroatoms. The highest BCUT2D eigenvalue weighted by Crippen LogP contribution is 2.34. The van der Waals surface area contributed by atoms with Gasteiger partial charge in [-0.3, -0.25) is 10.1 Å². The average molecular weight is 400 g/mol.